The van der Waals surface area contributed by atoms with Gasteiger partial charge in [0.15, 0.2) is 12.4 Å². The Hall–Kier alpha value is -1.30. The number of aliphatic hydroxyl groups is 4. The Bertz CT molecular complexity index is 871. The average molecular weight is 787 g/mol. The SMILES string of the molecule is CCCCCCCCCCCCCCCCCCCCCC(=O)OC[C@@H](CO[C@H]1O[C@@H](CO)[C@@H](O)C(O)C1O)OC(=O)CCCCCCCCCCCCC. The smallest absolute Gasteiger partial charge is 0.306 e. The molecule has 10 heteroatoms. The fourth-order valence-corrected chi connectivity index (χ4v) is 7.31. The van der Waals surface area contributed by atoms with Crippen LogP contribution in [0.4, 0.5) is 0 Å². The van der Waals surface area contributed by atoms with E-state index in [-0.39, 0.29) is 32.0 Å². The summed E-state index contributed by atoms with van der Waals surface area (Å²) in [5.74, 6) is -0.792. The van der Waals surface area contributed by atoms with Crippen LogP contribution in [0.15, 0.2) is 0 Å². The maximum atomic E-state index is 12.7. The molecule has 0 aromatic carbocycles. The number of rotatable bonds is 39. The van der Waals surface area contributed by atoms with Gasteiger partial charge in [-0.25, -0.2) is 0 Å². The van der Waals surface area contributed by atoms with Crippen molar-refractivity contribution in [3.8, 4) is 0 Å². The Morgan fingerprint density at radius 3 is 1.24 bits per heavy atom. The van der Waals surface area contributed by atoms with Crippen LogP contribution >= 0.6 is 0 Å². The molecule has 0 aliphatic carbocycles. The third kappa shape index (κ3) is 28.7. The van der Waals surface area contributed by atoms with Gasteiger partial charge >= 0.3 is 11.9 Å². The summed E-state index contributed by atoms with van der Waals surface area (Å²) in [5, 5.41) is 40.0. The summed E-state index contributed by atoms with van der Waals surface area (Å²) >= 11 is 0. The second-order valence-corrected chi connectivity index (χ2v) is 16.2. The van der Waals surface area contributed by atoms with Gasteiger partial charge in [-0.05, 0) is 12.8 Å². The van der Waals surface area contributed by atoms with Crippen molar-refractivity contribution < 1.29 is 49.0 Å². The zero-order valence-electron chi connectivity index (χ0n) is 35.5. The summed E-state index contributed by atoms with van der Waals surface area (Å²) in [5.41, 5.74) is 0. The van der Waals surface area contributed by atoms with Crippen LogP contribution in [0.5, 0.6) is 0 Å². The molecular formula is C45H86O10. The molecule has 1 saturated heterocycles. The van der Waals surface area contributed by atoms with Gasteiger partial charge in [0.2, 0.25) is 0 Å². The number of hydrogen-bond donors (Lipinski definition) is 4. The topological polar surface area (TPSA) is 152 Å². The molecule has 55 heavy (non-hydrogen) atoms. The van der Waals surface area contributed by atoms with Gasteiger partial charge < -0.3 is 39.4 Å². The second kappa shape index (κ2) is 37.0. The number of carbonyl (C=O) groups is 2. The Kier molecular flexibility index (Phi) is 34.8. The lowest BCUT2D eigenvalue weighted by Crippen LogP contribution is -2.59. The van der Waals surface area contributed by atoms with Gasteiger partial charge in [-0.15, -0.1) is 0 Å². The Labute approximate surface area is 336 Å². The third-order valence-electron chi connectivity index (χ3n) is 11.0. The molecule has 1 rings (SSSR count). The van der Waals surface area contributed by atoms with Crippen molar-refractivity contribution in [2.24, 2.45) is 0 Å². The molecule has 0 saturated carbocycles. The van der Waals surface area contributed by atoms with Gasteiger partial charge in [0.1, 0.15) is 31.0 Å². The highest BCUT2D eigenvalue weighted by atomic mass is 16.7. The Morgan fingerprint density at radius 1 is 0.491 bits per heavy atom. The van der Waals surface area contributed by atoms with E-state index < -0.39 is 49.4 Å². The molecule has 2 unspecified atom stereocenters. The molecular weight excluding hydrogens is 700 g/mol. The minimum atomic E-state index is -1.59. The number of ether oxygens (including phenoxy) is 4. The van der Waals surface area contributed by atoms with E-state index in [1.807, 2.05) is 0 Å². The standard InChI is InChI=1S/C45H86O10/c1-3-5-7-9-11-13-15-16-17-18-19-20-21-22-24-25-27-29-31-33-40(47)52-36-38(37-53-45-44(51)43(50)42(49)39(35-46)55-45)54-41(48)34-32-30-28-26-23-14-12-10-8-6-4-2/h38-39,42-46,49-51H,3-37H2,1-2H3/t38-,39-,42+,43?,44?,45-/m0/s1. The van der Waals surface area contributed by atoms with E-state index in [1.54, 1.807) is 0 Å². The summed E-state index contributed by atoms with van der Waals surface area (Å²) in [4.78, 5) is 25.3. The normalized spacial score (nSPS) is 20.4. The van der Waals surface area contributed by atoms with Gasteiger partial charge in [0.25, 0.3) is 0 Å². The molecule has 0 bridgehead atoms. The molecule has 10 nitrogen and oxygen atoms in total. The summed E-state index contributed by atoms with van der Waals surface area (Å²) in [6.07, 6.45) is 29.7. The molecule has 326 valence electrons. The first-order chi connectivity index (χ1) is 26.8. The van der Waals surface area contributed by atoms with Crippen molar-refractivity contribution >= 4 is 11.9 Å². The van der Waals surface area contributed by atoms with Crippen LogP contribution in [0.1, 0.15) is 219 Å². The molecule has 4 N–H and O–H groups in total. The van der Waals surface area contributed by atoms with E-state index in [1.165, 1.54) is 148 Å². The second-order valence-electron chi connectivity index (χ2n) is 16.2. The van der Waals surface area contributed by atoms with E-state index in [2.05, 4.69) is 13.8 Å². The highest BCUT2D eigenvalue weighted by molar-refractivity contribution is 5.70. The van der Waals surface area contributed by atoms with Crippen LogP contribution in [0.25, 0.3) is 0 Å². The first kappa shape index (κ1) is 51.7. The third-order valence-corrected chi connectivity index (χ3v) is 11.0. The van der Waals surface area contributed by atoms with Crippen molar-refractivity contribution in [2.75, 3.05) is 19.8 Å². The van der Waals surface area contributed by atoms with Crippen LogP contribution < -0.4 is 0 Å². The maximum absolute atomic E-state index is 12.7. The van der Waals surface area contributed by atoms with Gasteiger partial charge in [-0.1, -0.05) is 194 Å². The molecule has 1 heterocycles. The minimum Gasteiger partial charge on any atom is -0.462 e. The molecule has 1 fully saturated rings. The average Bonchev–Trinajstić information content (AvgIpc) is 3.18. The van der Waals surface area contributed by atoms with E-state index in [4.69, 9.17) is 18.9 Å². The van der Waals surface area contributed by atoms with Crippen molar-refractivity contribution in [3.63, 3.8) is 0 Å². The van der Waals surface area contributed by atoms with Crippen LogP contribution in [0, 0.1) is 0 Å². The van der Waals surface area contributed by atoms with Gasteiger partial charge in [0, 0.05) is 12.8 Å². The van der Waals surface area contributed by atoms with Crippen LogP contribution in [0.2, 0.25) is 0 Å². The van der Waals surface area contributed by atoms with Gasteiger partial charge in [-0.2, -0.15) is 0 Å². The summed E-state index contributed by atoms with van der Waals surface area (Å²) < 4.78 is 22.2. The molecule has 0 aromatic rings. The first-order valence-corrected chi connectivity index (χ1v) is 23.1. The minimum absolute atomic E-state index is 0.209. The van der Waals surface area contributed by atoms with Crippen molar-refractivity contribution in [1.29, 1.82) is 0 Å². The predicted molar refractivity (Wildman–Crippen MR) is 220 cm³/mol. The first-order valence-electron chi connectivity index (χ1n) is 23.1. The Balaban J connectivity index is 2.26. The van der Waals surface area contributed by atoms with Crippen molar-refractivity contribution in [3.05, 3.63) is 0 Å². The van der Waals surface area contributed by atoms with E-state index in [0.717, 1.165) is 38.5 Å². The van der Waals surface area contributed by atoms with E-state index in [9.17, 15) is 30.0 Å². The Morgan fingerprint density at radius 2 is 0.855 bits per heavy atom. The van der Waals surface area contributed by atoms with Crippen LogP contribution in [-0.4, -0.2) is 89.0 Å². The van der Waals surface area contributed by atoms with E-state index >= 15 is 0 Å². The number of hydrogen-bond acceptors (Lipinski definition) is 10. The van der Waals surface area contributed by atoms with Crippen LogP contribution in [0.3, 0.4) is 0 Å². The molecule has 0 aromatic heterocycles. The number of unbranched alkanes of at least 4 members (excludes halogenated alkanes) is 28. The predicted octanol–water partition coefficient (Wildman–Crippen LogP) is 9.78. The van der Waals surface area contributed by atoms with Gasteiger partial charge in [0.05, 0.1) is 13.2 Å². The quantitative estimate of drug-likeness (QED) is 0.0350. The monoisotopic (exact) mass is 787 g/mol. The molecule has 0 radical (unpaired) electrons. The number of aliphatic hydroxyl groups excluding tert-OH is 4. The van der Waals surface area contributed by atoms with Crippen LogP contribution in [-0.2, 0) is 28.5 Å². The molecule has 6 atom stereocenters. The maximum Gasteiger partial charge on any atom is 0.306 e. The molecule has 0 spiro atoms. The van der Waals surface area contributed by atoms with Gasteiger partial charge in [-0.3, -0.25) is 9.59 Å². The lowest BCUT2D eigenvalue weighted by atomic mass is 9.99. The lowest BCUT2D eigenvalue weighted by Gasteiger charge is -2.39. The largest absolute Gasteiger partial charge is 0.462 e. The highest BCUT2D eigenvalue weighted by Crippen LogP contribution is 2.23. The zero-order chi connectivity index (χ0) is 40.2. The summed E-state index contributed by atoms with van der Waals surface area (Å²) in [6.45, 7) is 3.44. The van der Waals surface area contributed by atoms with E-state index in [0.29, 0.717) is 6.42 Å². The zero-order valence-corrected chi connectivity index (χ0v) is 35.5. The fourth-order valence-electron chi connectivity index (χ4n) is 7.31. The number of carbonyl (C=O) groups excluding carboxylic acids is 2. The summed E-state index contributed by atoms with van der Waals surface area (Å²) in [6, 6.07) is 0. The number of esters is 2. The summed E-state index contributed by atoms with van der Waals surface area (Å²) in [7, 11) is 0. The van der Waals surface area contributed by atoms with Crippen molar-refractivity contribution in [1.82, 2.24) is 0 Å². The molecule has 1 aliphatic heterocycles. The highest BCUT2D eigenvalue weighted by Gasteiger charge is 2.44. The van der Waals surface area contributed by atoms with Crippen molar-refractivity contribution in [2.45, 2.75) is 256 Å². The molecule has 0 amide bonds. The molecule has 1 aliphatic rings. The fraction of sp³-hybridized carbons (Fsp3) is 0.956. The lowest BCUT2D eigenvalue weighted by molar-refractivity contribution is -0.305.